The molecule has 1 N–H and O–H groups in total. The van der Waals surface area contributed by atoms with E-state index in [9.17, 15) is 5.11 Å². The van der Waals surface area contributed by atoms with Gasteiger partial charge in [-0.25, -0.2) is 4.58 Å². The molecule has 1 fully saturated rings. The van der Waals surface area contributed by atoms with E-state index < -0.39 is 16.7 Å². The minimum atomic E-state index is -1.35. The number of rotatable bonds is 2. The molecule has 2 aliphatic carbocycles. The zero-order chi connectivity index (χ0) is 29.6. The molecule has 2 heterocycles. The van der Waals surface area contributed by atoms with Crippen LogP contribution in [0.5, 0.6) is 0 Å². The van der Waals surface area contributed by atoms with Crippen molar-refractivity contribution in [1.82, 2.24) is 0 Å². The van der Waals surface area contributed by atoms with Crippen LogP contribution in [0.15, 0.2) is 71.7 Å². The first-order chi connectivity index (χ1) is 19.8. The molecule has 5 atom stereocenters. The van der Waals surface area contributed by atoms with Gasteiger partial charge >= 0.3 is 0 Å². The molecule has 0 bridgehead atoms. The van der Waals surface area contributed by atoms with Gasteiger partial charge < -0.3 is 9.84 Å². The smallest absolute Gasteiger partial charge is 0.281 e. The molecule has 0 amide bonds. The van der Waals surface area contributed by atoms with Crippen LogP contribution in [0.1, 0.15) is 82.2 Å². The van der Waals surface area contributed by atoms with Crippen LogP contribution >= 0.6 is 0 Å². The Morgan fingerprint density at radius 3 is 2.29 bits per heavy atom. The van der Waals surface area contributed by atoms with Gasteiger partial charge in [0.25, 0.3) is 6.34 Å². The summed E-state index contributed by atoms with van der Waals surface area (Å²) in [5.74, 6) is -1.30. The highest BCUT2D eigenvalue weighted by Gasteiger charge is 2.92. The third-order valence-corrected chi connectivity index (χ3v) is 11.6. The zero-order valence-corrected chi connectivity index (χ0v) is 26.0. The van der Waals surface area contributed by atoms with E-state index in [-0.39, 0.29) is 22.8 Å². The SMILES string of the molecule is COC1(O)C2(C)c3ccc4c(CC(C)(C)C)cccc4c3C3=[N+](C=NC4C3c3cc5ccccc5cc3C4(C)C)C12C. The Labute approximate surface area is 248 Å². The summed E-state index contributed by atoms with van der Waals surface area (Å²) in [7, 11) is 1.64. The average molecular weight is 558 g/mol. The lowest BCUT2D eigenvalue weighted by molar-refractivity contribution is -0.490. The molecule has 4 nitrogen and oxygen atoms in total. The van der Waals surface area contributed by atoms with E-state index in [2.05, 4.69) is 120 Å². The van der Waals surface area contributed by atoms with Crippen LogP contribution in [0.25, 0.3) is 21.5 Å². The number of benzene rings is 4. The van der Waals surface area contributed by atoms with Crippen molar-refractivity contribution in [3.8, 4) is 0 Å². The first kappa shape index (κ1) is 26.3. The lowest BCUT2D eigenvalue weighted by Gasteiger charge is -2.35. The van der Waals surface area contributed by atoms with E-state index in [1.807, 2.05) is 6.34 Å². The molecule has 4 aromatic carbocycles. The number of aliphatic hydroxyl groups is 1. The molecule has 4 aliphatic rings. The van der Waals surface area contributed by atoms with Gasteiger partial charge in [-0.15, -0.1) is 0 Å². The van der Waals surface area contributed by atoms with E-state index in [0.29, 0.717) is 0 Å². The lowest BCUT2D eigenvalue weighted by Crippen LogP contribution is -2.50. The molecule has 0 saturated heterocycles. The van der Waals surface area contributed by atoms with Crippen molar-refractivity contribution < 1.29 is 14.4 Å². The second-order valence-corrected chi connectivity index (χ2v) is 15.2. The molecule has 0 spiro atoms. The molecular formula is C38H41N2O2+. The average Bonchev–Trinajstić information content (AvgIpc) is 3.25. The molecule has 8 rings (SSSR count). The van der Waals surface area contributed by atoms with Gasteiger partial charge in [0.1, 0.15) is 11.1 Å². The molecule has 42 heavy (non-hydrogen) atoms. The Hall–Kier alpha value is -3.34. The van der Waals surface area contributed by atoms with Crippen LogP contribution in [0, 0.1) is 5.41 Å². The minimum Gasteiger partial charge on any atom is -0.361 e. The Balaban J connectivity index is 1.49. The summed E-state index contributed by atoms with van der Waals surface area (Å²) < 4.78 is 8.33. The predicted octanol–water partition coefficient (Wildman–Crippen LogP) is 7.25. The van der Waals surface area contributed by atoms with Gasteiger partial charge in [-0.1, -0.05) is 100 Å². The van der Waals surface area contributed by atoms with Crippen LogP contribution in [0.3, 0.4) is 0 Å². The van der Waals surface area contributed by atoms with Crippen LogP contribution in [0.4, 0.5) is 0 Å². The van der Waals surface area contributed by atoms with Crippen molar-refractivity contribution in [2.45, 2.75) is 89.0 Å². The Morgan fingerprint density at radius 1 is 0.881 bits per heavy atom. The summed E-state index contributed by atoms with van der Waals surface area (Å²) >= 11 is 0. The first-order valence-corrected chi connectivity index (χ1v) is 15.4. The Kier molecular flexibility index (Phi) is 4.87. The standard InChI is InChI=1S/C38H41N2O2/c1-34(2,3)20-24-14-11-15-26-25(24)16-17-28-30(26)32-31-27-18-22-12-9-10-13-23(22)19-29(27)35(4,5)33(31)39-21-40(32)37(7)36(28,6)38(37,41)42-8/h9-19,21,31,33,41H,20H2,1-8H3/q+1. The third kappa shape index (κ3) is 2.82. The molecule has 0 aromatic heterocycles. The van der Waals surface area contributed by atoms with Crippen LogP contribution in [-0.4, -0.2) is 46.2 Å². The summed E-state index contributed by atoms with van der Waals surface area (Å²) in [4.78, 5) is 5.32. The van der Waals surface area contributed by atoms with Crippen molar-refractivity contribution in [2.24, 2.45) is 10.4 Å². The normalized spacial score (nSPS) is 31.9. The first-order valence-electron chi connectivity index (χ1n) is 15.4. The van der Waals surface area contributed by atoms with Crippen molar-refractivity contribution in [1.29, 1.82) is 0 Å². The summed E-state index contributed by atoms with van der Waals surface area (Å²) in [5.41, 5.74) is 6.45. The van der Waals surface area contributed by atoms with Crippen molar-refractivity contribution >= 4 is 33.6 Å². The van der Waals surface area contributed by atoms with Crippen LogP contribution in [0.2, 0.25) is 0 Å². The highest BCUT2D eigenvalue weighted by atomic mass is 16.6. The number of methoxy groups -OCH3 is 1. The van der Waals surface area contributed by atoms with Gasteiger partial charge in [0.15, 0.2) is 11.6 Å². The van der Waals surface area contributed by atoms with Gasteiger partial charge in [-0.05, 0) is 75.5 Å². The maximum Gasteiger partial charge on any atom is 0.281 e. The molecule has 1 saturated carbocycles. The number of hydrogen-bond acceptors (Lipinski definition) is 3. The third-order valence-electron chi connectivity index (χ3n) is 11.6. The molecule has 4 aromatic rings. The topological polar surface area (TPSA) is 44.8 Å². The maximum atomic E-state index is 12.2. The Morgan fingerprint density at radius 2 is 1.60 bits per heavy atom. The summed E-state index contributed by atoms with van der Waals surface area (Å²) in [6, 6.07) is 24.9. The van der Waals surface area contributed by atoms with Crippen LogP contribution < -0.4 is 0 Å². The lowest BCUT2D eigenvalue weighted by atomic mass is 9.73. The number of ether oxygens (including phenoxy) is 1. The largest absolute Gasteiger partial charge is 0.361 e. The number of nitrogens with zero attached hydrogens (tertiary/aromatic N) is 2. The van der Waals surface area contributed by atoms with Crippen molar-refractivity contribution in [3.63, 3.8) is 0 Å². The second kappa shape index (κ2) is 7.78. The second-order valence-electron chi connectivity index (χ2n) is 15.2. The fourth-order valence-electron chi connectivity index (χ4n) is 9.29. The zero-order valence-electron chi connectivity index (χ0n) is 26.0. The quantitative estimate of drug-likeness (QED) is 0.208. The summed E-state index contributed by atoms with van der Waals surface area (Å²) in [6.45, 7) is 15.9. The van der Waals surface area contributed by atoms with Gasteiger partial charge in [0.2, 0.25) is 5.79 Å². The molecule has 2 aliphatic heterocycles. The minimum absolute atomic E-state index is 0.0544. The van der Waals surface area contributed by atoms with Crippen molar-refractivity contribution in [3.05, 3.63) is 94.5 Å². The number of aliphatic imine (C=N–C) groups is 1. The Bertz CT molecular complexity index is 1930. The van der Waals surface area contributed by atoms with E-state index in [0.717, 1.165) is 6.42 Å². The molecule has 4 heteroatoms. The predicted molar refractivity (Wildman–Crippen MR) is 171 cm³/mol. The van der Waals surface area contributed by atoms with Gasteiger partial charge in [-0.2, -0.15) is 0 Å². The van der Waals surface area contributed by atoms with Crippen LogP contribution in [-0.2, 0) is 22.0 Å². The maximum absolute atomic E-state index is 12.2. The molecule has 5 unspecified atom stereocenters. The highest BCUT2D eigenvalue weighted by Crippen LogP contribution is 2.71. The van der Waals surface area contributed by atoms with E-state index >= 15 is 0 Å². The van der Waals surface area contributed by atoms with Gasteiger partial charge in [0.05, 0.1) is 5.92 Å². The van der Waals surface area contributed by atoms with E-state index in [1.165, 1.54) is 55.1 Å². The fourth-order valence-corrected chi connectivity index (χ4v) is 9.29. The summed E-state index contributed by atoms with van der Waals surface area (Å²) in [6.07, 6.45) is 3.02. The van der Waals surface area contributed by atoms with Gasteiger partial charge in [0, 0.05) is 18.1 Å². The number of fused-ring (bicyclic) bond motifs is 12. The van der Waals surface area contributed by atoms with Gasteiger partial charge in [-0.3, -0.25) is 0 Å². The number of hydrogen-bond donors (Lipinski definition) is 1. The highest BCUT2D eigenvalue weighted by molar-refractivity contribution is 6.17. The monoisotopic (exact) mass is 557 g/mol. The van der Waals surface area contributed by atoms with E-state index in [1.54, 1.807) is 7.11 Å². The molecule has 0 radical (unpaired) electrons. The fraction of sp³-hybridized carbons (Fsp3) is 0.421. The van der Waals surface area contributed by atoms with Crippen molar-refractivity contribution in [2.75, 3.05) is 7.11 Å². The summed E-state index contributed by atoms with van der Waals surface area (Å²) in [5, 5.41) is 17.3. The van der Waals surface area contributed by atoms with E-state index in [4.69, 9.17) is 9.73 Å². The molecular weight excluding hydrogens is 516 g/mol. The molecule has 214 valence electrons.